The maximum Gasteiger partial charge on any atom is 0.293 e. The molecular weight excluding hydrogens is 357 g/mol. The molecule has 2 aromatic heterocycles. The second kappa shape index (κ2) is 6.67. The van der Waals surface area contributed by atoms with Crippen LogP contribution in [0.3, 0.4) is 0 Å². The summed E-state index contributed by atoms with van der Waals surface area (Å²) in [5.74, 6) is 0.0432. The third-order valence-electron chi connectivity index (χ3n) is 5.45. The van der Waals surface area contributed by atoms with Gasteiger partial charge in [0.05, 0.1) is 5.52 Å². The van der Waals surface area contributed by atoms with Gasteiger partial charge in [0.2, 0.25) is 5.82 Å². The maximum atomic E-state index is 13.4. The Morgan fingerprint density at radius 1 is 1.07 bits per heavy atom. The predicted octanol–water partition coefficient (Wildman–Crippen LogP) is 3.67. The second-order valence-electron chi connectivity index (χ2n) is 7.12. The monoisotopic (exact) mass is 375 g/mol. The lowest BCUT2D eigenvalue weighted by Crippen LogP contribution is -2.38. The van der Waals surface area contributed by atoms with Crippen molar-refractivity contribution in [1.29, 1.82) is 0 Å². The molecule has 0 unspecified atom stereocenters. The summed E-state index contributed by atoms with van der Waals surface area (Å²) in [7, 11) is 0. The Morgan fingerprint density at radius 2 is 1.86 bits per heavy atom. The number of halogens is 1. The van der Waals surface area contributed by atoms with Gasteiger partial charge in [-0.2, -0.15) is 0 Å². The molecule has 2 aromatic carbocycles. The lowest BCUT2D eigenvalue weighted by molar-refractivity contribution is 0.0700. The number of hydrogen-bond donors (Lipinski definition) is 1. The molecule has 0 atom stereocenters. The van der Waals surface area contributed by atoms with Crippen molar-refractivity contribution in [2.75, 3.05) is 13.1 Å². The zero-order valence-electron chi connectivity index (χ0n) is 15.1. The number of carbonyl (C=O) groups is 1. The number of nitrogens with zero attached hydrogens (tertiary/aromatic N) is 4. The number of amides is 1. The molecule has 0 radical (unpaired) electrons. The van der Waals surface area contributed by atoms with Crippen LogP contribution in [0.4, 0.5) is 4.39 Å². The second-order valence-corrected chi connectivity index (χ2v) is 7.12. The number of fused-ring (bicyclic) bond motifs is 2. The van der Waals surface area contributed by atoms with Gasteiger partial charge in [-0.15, -0.1) is 10.2 Å². The van der Waals surface area contributed by atoms with Gasteiger partial charge in [0.25, 0.3) is 5.91 Å². The van der Waals surface area contributed by atoms with Crippen LogP contribution in [0.25, 0.3) is 21.9 Å². The highest BCUT2D eigenvalue weighted by molar-refractivity contribution is 5.92. The predicted molar refractivity (Wildman–Crippen MR) is 103 cm³/mol. The van der Waals surface area contributed by atoms with E-state index in [1.165, 1.54) is 17.7 Å². The molecule has 1 aliphatic heterocycles. The quantitative estimate of drug-likeness (QED) is 0.580. The molecule has 140 valence electrons. The highest BCUT2D eigenvalue weighted by atomic mass is 19.1. The van der Waals surface area contributed by atoms with Crippen LogP contribution < -0.4 is 0 Å². The van der Waals surface area contributed by atoms with Crippen LogP contribution in [0.2, 0.25) is 0 Å². The van der Waals surface area contributed by atoms with Crippen molar-refractivity contribution in [3.8, 4) is 0 Å². The van der Waals surface area contributed by atoms with E-state index in [4.69, 9.17) is 0 Å². The summed E-state index contributed by atoms with van der Waals surface area (Å²) in [6.07, 6.45) is 3.65. The van der Waals surface area contributed by atoms with E-state index in [1.54, 1.807) is 4.90 Å². The molecule has 0 aliphatic carbocycles. The van der Waals surface area contributed by atoms with E-state index in [0.717, 1.165) is 23.7 Å². The Morgan fingerprint density at radius 3 is 2.68 bits per heavy atom. The van der Waals surface area contributed by atoms with Crippen LogP contribution in [0.5, 0.6) is 0 Å². The number of H-pyrrole nitrogens is 1. The van der Waals surface area contributed by atoms with Gasteiger partial charge in [-0.05, 0) is 54.7 Å². The number of hydrogen-bond acceptors (Lipinski definition) is 4. The summed E-state index contributed by atoms with van der Waals surface area (Å²) in [5.41, 5.74) is 3.34. The van der Waals surface area contributed by atoms with Gasteiger partial charge in [0.15, 0.2) is 0 Å². The zero-order valence-corrected chi connectivity index (χ0v) is 15.1. The smallest absolute Gasteiger partial charge is 0.293 e. The van der Waals surface area contributed by atoms with E-state index in [9.17, 15) is 9.18 Å². The number of aromatic amines is 1. The molecule has 0 bridgehead atoms. The topological polar surface area (TPSA) is 74.8 Å². The van der Waals surface area contributed by atoms with Gasteiger partial charge in [-0.1, -0.05) is 12.1 Å². The highest BCUT2D eigenvalue weighted by Gasteiger charge is 2.27. The van der Waals surface area contributed by atoms with Crippen molar-refractivity contribution in [3.05, 3.63) is 65.9 Å². The van der Waals surface area contributed by atoms with Crippen LogP contribution >= 0.6 is 0 Å². The number of rotatable bonds is 2. The minimum atomic E-state index is -0.245. The molecule has 5 rings (SSSR count). The molecule has 4 aromatic rings. The Bertz CT molecular complexity index is 1180. The van der Waals surface area contributed by atoms with Gasteiger partial charge < -0.3 is 9.88 Å². The van der Waals surface area contributed by atoms with Crippen LogP contribution in [-0.2, 0) is 0 Å². The van der Waals surface area contributed by atoms with Gasteiger partial charge in [-0.3, -0.25) is 4.79 Å². The Labute approximate surface area is 160 Å². The number of piperidine rings is 1. The normalized spacial score (nSPS) is 15.4. The lowest BCUT2D eigenvalue weighted by Gasteiger charge is -2.31. The Kier molecular flexibility index (Phi) is 4.00. The van der Waals surface area contributed by atoms with Gasteiger partial charge >= 0.3 is 0 Å². The van der Waals surface area contributed by atoms with Crippen LogP contribution in [-0.4, -0.2) is 44.1 Å². The van der Waals surface area contributed by atoms with Crippen molar-refractivity contribution < 1.29 is 9.18 Å². The SMILES string of the molecule is O=C(c1nnc2ccccc2n1)N1CCC(c2c[nH]c3cc(F)ccc23)CC1. The Hall–Kier alpha value is -3.35. The first-order valence-corrected chi connectivity index (χ1v) is 9.34. The van der Waals surface area contributed by atoms with E-state index < -0.39 is 0 Å². The van der Waals surface area contributed by atoms with E-state index in [2.05, 4.69) is 20.2 Å². The summed E-state index contributed by atoms with van der Waals surface area (Å²) in [6, 6.07) is 12.2. The highest BCUT2D eigenvalue weighted by Crippen LogP contribution is 2.33. The molecule has 3 heterocycles. The van der Waals surface area contributed by atoms with Crippen LogP contribution in [0.15, 0.2) is 48.7 Å². The standard InChI is InChI=1S/C21H18FN5O/c22-14-5-6-15-16(12-23-19(15)11-14)13-7-9-27(10-8-13)21(28)20-24-17-3-1-2-4-18(17)25-26-20/h1-6,11-13,23H,7-10H2. The first kappa shape index (κ1) is 16.8. The molecule has 7 heteroatoms. The number of nitrogens with one attached hydrogen (secondary N) is 1. The average molecular weight is 375 g/mol. The molecule has 6 nitrogen and oxygen atoms in total. The van der Waals surface area contributed by atoms with Crippen LogP contribution in [0, 0.1) is 5.82 Å². The molecular formula is C21H18FN5O. The van der Waals surface area contributed by atoms with E-state index in [0.29, 0.717) is 30.0 Å². The lowest BCUT2D eigenvalue weighted by atomic mass is 9.89. The van der Waals surface area contributed by atoms with E-state index in [1.807, 2.05) is 36.5 Å². The van der Waals surface area contributed by atoms with Crippen molar-refractivity contribution in [2.24, 2.45) is 0 Å². The minimum Gasteiger partial charge on any atom is -0.361 e. The van der Waals surface area contributed by atoms with Gasteiger partial charge in [0, 0.05) is 30.2 Å². The molecule has 0 saturated carbocycles. The summed E-state index contributed by atoms with van der Waals surface area (Å²) >= 11 is 0. The van der Waals surface area contributed by atoms with E-state index >= 15 is 0 Å². The summed E-state index contributed by atoms with van der Waals surface area (Å²) in [4.78, 5) is 22.1. The number of carbonyl (C=O) groups excluding carboxylic acids is 1. The van der Waals surface area contributed by atoms with E-state index in [-0.39, 0.29) is 17.5 Å². The minimum absolute atomic E-state index is 0.139. The summed E-state index contributed by atoms with van der Waals surface area (Å²) < 4.78 is 13.4. The molecule has 28 heavy (non-hydrogen) atoms. The third kappa shape index (κ3) is 2.89. The molecule has 1 amide bonds. The number of likely N-dealkylation sites (tertiary alicyclic amines) is 1. The number of para-hydroxylation sites is 1. The Balaban J connectivity index is 1.32. The fraction of sp³-hybridized carbons (Fsp3) is 0.238. The number of aromatic nitrogens is 4. The average Bonchev–Trinajstić information content (AvgIpc) is 3.16. The molecule has 1 N–H and O–H groups in total. The number of benzene rings is 2. The summed E-state index contributed by atoms with van der Waals surface area (Å²) in [6.45, 7) is 1.26. The largest absolute Gasteiger partial charge is 0.361 e. The van der Waals surface area contributed by atoms with Crippen molar-refractivity contribution in [3.63, 3.8) is 0 Å². The van der Waals surface area contributed by atoms with Gasteiger partial charge in [0.1, 0.15) is 11.3 Å². The van der Waals surface area contributed by atoms with Crippen molar-refractivity contribution in [1.82, 2.24) is 25.1 Å². The first-order valence-electron chi connectivity index (χ1n) is 9.34. The third-order valence-corrected chi connectivity index (χ3v) is 5.45. The molecule has 1 saturated heterocycles. The first-order chi connectivity index (χ1) is 13.7. The fourth-order valence-electron chi connectivity index (χ4n) is 3.97. The fourth-order valence-corrected chi connectivity index (χ4v) is 3.97. The van der Waals surface area contributed by atoms with Crippen LogP contribution in [0.1, 0.15) is 34.9 Å². The summed E-state index contributed by atoms with van der Waals surface area (Å²) in [5, 5.41) is 9.16. The zero-order chi connectivity index (χ0) is 19.1. The molecule has 1 aliphatic rings. The maximum absolute atomic E-state index is 13.4. The molecule has 1 fully saturated rings. The van der Waals surface area contributed by atoms with Gasteiger partial charge in [-0.25, -0.2) is 9.37 Å². The van der Waals surface area contributed by atoms with Crippen molar-refractivity contribution >= 4 is 27.8 Å². The van der Waals surface area contributed by atoms with Crippen molar-refractivity contribution in [2.45, 2.75) is 18.8 Å². The molecule has 0 spiro atoms.